The number of hydrogen-bond acceptors (Lipinski definition) is 2. The Bertz CT molecular complexity index is 632. The van der Waals surface area contributed by atoms with Crippen molar-refractivity contribution in [3.63, 3.8) is 0 Å². The van der Waals surface area contributed by atoms with Crippen LogP contribution in [0.4, 0.5) is 11.4 Å². The van der Waals surface area contributed by atoms with Gasteiger partial charge in [-0.1, -0.05) is 12.1 Å². The zero-order chi connectivity index (χ0) is 13.9. The van der Waals surface area contributed by atoms with Gasteiger partial charge in [0.25, 0.3) is 5.91 Å². The minimum Gasteiger partial charge on any atom is -0.399 e. The second-order valence-corrected chi connectivity index (χ2v) is 5.23. The van der Waals surface area contributed by atoms with Crippen LogP contribution in [0.3, 0.4) is 0 Å². The van der Waals surface area contributed by atoms with Crippen LogP contribution >= 0.6 is 0 Å². The molecule has 0 aromatic heterocycles. The van der Waals surface area contributed by atoms with Gasteiger partial charge in [-0.15, -0.1) is 0 Å². The number of benzene rings is 2. The maximum Gasteiger partial charge on any atom is 0.255 e. The summed E-state index contributed by atoms with van der Waals surface area (Å²) in [5, 5.41) is 3.03. The molecule has 0 saturated heterocycles. The normalized spacial score (nSPS) is 13.6. The number of carbonyl (C=O) groups excluding carboxylic acids is 1. The van der Waals surface area contributed by atoms with Gasteiger partial charge in [-0.05, 0) is 67.1 Å². The summed E-state index contributed by atoms with van der Waals surface area (Å²) in [6.07, 6.45) is 4.60. The predicted octanol–water partition coefficient (Wildman–Crippen LogP) is 3.40. The highest BCUT2D eigenvalue weighted by Gasteiger charge is 2.14. The molecule has 3 heteroatoms. The van der Waals surface area contributed by atoms with Crippen molar-refractivity contribution in [1.29, 1.82) is 0 Å². The lowest BCUT2D eigenvalue weighted by Gasteiger charge is -2.19. The van der Waals surface area contributed by atoms with Crippen molar-refractivity contribution in [3.8, 4) is 0 Å². The smallest absolute Gasteiger partial charge is 0.255 e. The summed E-state index contributed by atoms with van der Waals surface area (Å²) in [5.41, 5.74) is 10.5. The topological polar surface area (TPSA) is 55.1 Å². The highest BCUT2D eigenvalue weighted by Crippen LogP contribution is 2.28. The van der Waals surface area contributed by atoms with E-state index >= 15 is 0 Å². The summed E-state index contributed by atoms with van der Waals surface area (Å²) in [6.45, 7) is 0. The van der Waals surface area contributed by atoms with E-state index in [0.717, 1.165) is 18.5 Å². The molecule has 0 radical (unpaired) electrons. The molecular weight excluding hydrogens is 248 g/mol. The number of amides is 1. The molecule has 3 rings (SSSR count). The van der Waals surface area contributed by atoms with Crippen LogP contribution in [0.15, 0.2) is 42.5 Å². The number of hydrogen-bond donors (Lipinski definition) is 2. The van der Waals surface area contributed by atoms with E-state index < -0.39 is 0 Å². The molecule has 0 heterocycles. The lowest BCUT2D eigenvalue weighted by atomic mass is 9.90. The van der Waals surface area contributed by atoms with Crippen molar-refractivity contribution in [2.75, 3.05) is 11.1 Å². The minimum absolute atomic E-state index is 0.0797. The Kier molecular flexibility index (Phi) is 3.42. The number of rotatable bonds is 2. The van der Waals surface area contributed by atoms with Gasteiger partial charge in [0.15, 0.2) is 0 Å². The Labute approximate surface area is 118 Å². The number of nitrogen functional groups attached to an aromatic ring is 1. The molecule has 2 aromatic rings. The van der Waals surface area contributed by atoms with E-state index in [1.54, 1.807) is 24.3 Å². The van der Waals surface area contributed by atoms with Gasteiger partial charge in [0.1, 0.15) is 0 Å². The average molecular weight is 266 g/mol. The molecule has 20 heavy (non-hydrogen) atoms. The van der Waals surface area contributed by atoms with Crippen molar-refractivity contribution in [2.24, 2.45) is 0 Å². The third kappa shape index (κ3) is 2.52. The highest BCUT2D eigenvalue weighted by molar-refractivity contribution is 6.04. The molecule has 0 atom stereocenters. The highest BCUT2D eigenvalue weighted by atomic mass is 16.1. The molecule has 0 fully saturated rings. The number of fused-ring (bicyclic) bond motifs is 1. The average Bonchev–Trinajstić information content (AvgIpc) is 2.48. The van der Waals surface area contributed by atoms with E-state index in [4.69, 9.17) is 5.73 Å². The maximum atomic E-state index is 12.3. The second-order valence-electron chi connectivity index (χ2n) is 5.23. The van der Waals surface area contributed by atoms with Crippen molar-refractivity contribution >= 4 is 17.3 Å². The van der Waals surface area contributed by atoms with Gasteiger partial charge in [-0.2, -0.15) is 0 Å². The summed E-state index contributed by atoms with van der Waals surface area (Å²) in [7, 11) is 0. The molecule has 102 valence electrons. The van der Waals surface area contributed by atoms with Gasteiger partial charge < -0.3 is 11.1 Å². The molecule has 0 saturated carbocycles. The minimum atomic E-state index is -0.0797. The Hall–Kier alpha value is -2.29. The van der Waals surface area contributed by atoms with Crippen molar-refractivity contribution < 1.29 is 4.79 Å². The molecule has 3 nitrogen and oxygen atoms in total. The number of anilines is 2. The van der Waals surface area contributed by atoms with Gasteiger partial charge >= 0.3 is 0 Å². The Morgan fingerprint density at radius 3 is 2.55 bits per heavy atom. The van der Waals surface area contributed by atoms with Crippen LogP contribution in [0, 0.1) is 0 Å². The van der Waals surface area contributed by atoms with Gasteiger partial charge in [-0.25, -0.2) is 0 Å². The van der Waals surface area contributed by atoms with Crippen molar-refractivity contribution in [3.05, 3.63) is 59.2 Å². The number of nitrogens with one attached hydrogen (secondary N) is 1. The first-order chi connectivity index (χ1) is 9.74. The van der Waals surface area contributed by atoms with E-state index in [9.17, 15) is 4.79 Å². The first-order valence-corrected chi connectivity index (χ1v) is 7.02. The van der Waals surface area contributed by atoms with Crippen LogP contribution in [-0.4, -0.2) is 5.91 Å². The SMILES string of the molecule is Nc1ccc(C(=O)Nc2cccc3c2CCCC3)cc1. The summed E-state index contributed by atoms with van der Waals surface area (Å²) in [5.74, 6) is -0.0797. The monoisotopic (exact) mass is 266 g/mol. The van der Waals surface area contributed by atoms with E-state index in [-0.39, 0.29) is 5.91 Å². The molecule has 0 unspecified atom stereocenters. The zero-order valence-corrected chi connectivity index (χ0v) is 11.4. The Morgan fingerprint density at radius 2 is 1.75 bits per heavy atom. The van der Waals surface area contributed by atoms with E-state index in [0.29, 0.717) is 11.3 Å². The summed E-state index contributed by atoms with van der Waals surface area (Å²) in [6, 6.07) is 13.2. The molecule has 1 aliphatic rings. The standard InChI is InChI=1S/C17H18N2O/c18-14-10-8-13(9-11-14)17(20)19-16-7-3-5-12-4-1-2-6-15(12)16/h3,5,7-11H,1-2,4,6,18H2,(H,19,20). The second kappa shape index (κ2) is 5.37. The number of carbonyl (C=O) groups is 1. The Morgan fingerprint density at radius 1 is 1.00 bits per heavy atom. The van der Waals surface area contributed by atoms with Crippen LogP contribution in [0.25, 0.3) is 0 Å². The van der Waals surface area contributed by atoms with Gasteiger partial charge in [0.05, 0.1) is 0 Å². The van der Waals surface area contributed by atoms with Crippen molar-refractivity contribution in [2.45, 2.75) is 25.7 Å². The number of aryl methyl sites for hydroxylation is 1. The summed E-state index contributed by atoms with van der Waals surface area (Å²) < 4.78 is 0. The Balaban J connectivity index is 1.84. The molecule has 1 amide bonds. The van der Waals surface area contributed by atoms with Crippen LogP contribution in [0.2, 0.25) is 0 Å². The molecule has 0 aliphatic heterocycles. The molecule has 0 spiro atoms. The maximum absolute atomic E-state index is 12.3. The third-order valence-corrected chi connectivity index (χ3v) is 3.82. The fourth-order valence-electron chi connectivity index (χ4n) is 2.73. The first-order valence-electron chi connectivity index (χ1n) is 7.02. The van der Waals surface area contributed by atoms with Gasteiger partial charge in [-0.3, -0.25) is 4.79 Å². The van der Waals surface area contributed by atoms with E-state index in [1.165, 1.54) is 24.0 Å². The van der Waals surface area contributed by atoms with Crippen LogP contribution in [-0.2, 0) is 12.8 Å². The van der Waals surface area contributed by atoms with Gasteiger partial charge in [0, 0.05) is 16.9 Å². The summed E-state index contributed by atoms with van der Waals surface area (Å²) >= 11 is 0. The lowest BCUT2D eigenvalue weighted by molar-refractivity contribution is 0.102. The number of nitrogens with two attached hydrogens (primary N) is 1. The lowest BCUT2D eigenvalue weighted by Crippen LogP contribution is -2.15. The first kappa shape index (κ1) is 12.7. The van der Waals surface area contributed by atoms with E-state index in [2.05, 4.69) is 11.4 Å². The molecule has 2 aromatic carbocycles. The molecule has 1 aliphatic carbocycles. The molecule has 0 bridgehead atoms. The zero-order valence-electron chi connectivity index (χ0n) is 11.4. The summed E-state index contributed by atoms with van der Waals surface area (Å²) in [4.78, 5) is 12.3. The fraction of sp³-hybridized carbons (Fsp3) is 0.235. The van der Waals surface area contributed by atoms with Crippen molar-refractivity contribution in [1.82, 2.24) is 0 Å². The predicted molar refractivity (Wildman–Crippen MR) is 81.9 cm³/mol. The molecular formula is C17H18N2O. The molecule has 3 N–H and O–H groups in total. The third-order valence-electron chi connectivity index (χ3n) is 3.82. The van der Waals surface area contributed by atoms with E-state index in [1.807, 2.05) is 12.1 Å². The van der Waals surface area contributed by atoms with Crippen LogP contribution < -0.4 is 11.1 Å². The van der Waals surface area contributed by atoms with Gasteiger partial charge in [0.2, 0.25) is 0 Å². The fourth-order valence-corrected chi connectivity index (χ4v) is 2.73. The quantitative estimate of drug-likeness (QED) is 0.818. The largest absolute Gasteiger partial charge is 0.399 e. The van der Waals surface area contributed by atoms with Crippen LogP contribution in [0.5, 0.6) is 0 Å². The van der Waals surface area contributed by atoms with Crippen LogP contribution in [0.1, 0.15) is 34.3 Å².